The van der Waals surface area contributed by atoms with Crippen LogP contribution in [0.4, 0.5) is 4.79 Å². The van der Waals surface area contributed by atoms with Gasteiger partial charge in [0.25, 0.3) is 0 Å². The molecule has 0 aliphatic rings. The number of amides is 1. The van der Waals surface area contributed by atoms with Gasteiger partial charge in [-0.05, 0) is 23.6 Å². The number of carbonyl (C=O) groups excluding carboxylic acids is 1. The van der Waals surface area contributed by atoms with Crippen molar-refractivity contribution in [3.05, 3.63) is 43.2 Å². The third kappa shape index (κ3) is 2.81. The van der Waals surface area contributed by atoms with Crippen molar-refractivity contribution >= 4 is 17.1 Å². The van der Waals surface area contributed by atoms with Crippen LogP contribution in [0.1, 0.15) is 13.8 Å². The molecule has 1 N–H and O–H groups in total. The molecule has 3 rings (SSSR count). The molecule has 0 saturated carbocycles. The van der Waals surface area contributed by atoms with Gasteiger partial charge < -0.3 is 5.32 Å². The van der Waals surface area contributed by atoms with Crippen LogP contribution in [-0.2, 0) is 0 Å². The Labute approximate surface area is 128 Å². The highest BCUT2D eigenvalue weighted by atomic mass is 16.2. The quantitative estimate of drug-likeness (QED) is 0.806. The molecule has 0 aliphatic carbocycles. The molecule has 1 amide bonds. The Morgan fingerprint density at radius 1 is 1.23 bits per heavy atom. The fourth-order valence-electron chi connectivity index (χ4n) is 2.17. The van der Waals surface area contributed by atoms with Crippen LogP contribution < -0.4 is 5.32 Å². The summed E-state index contributed by atoms with van der Waals surface area (Å²) in [6.45, 7) is 4.74. The lowest BCUT2D eigenvalue weighted by molar-refractivity contribution is 0.242. The SMILES string of the molecule is CC(C)CNC(=O)n1cnc2ccc(-c3cncnc3)cc21. The Balaban J connectivity index is 1.97. The Morgan fingerprint density at radius 2 is 2.00 bits per heavy atom. The highest BCUT2D eigenvalue weighted by Crippen LogP contribution is 2.22. The zero-order valence-corrected chi connectivity index (χ0v) is 12.5. The van der Waals surface area contributed by atoms with Gasteiger partial charge in [-0.15, -0.1) is 0 Å². The lowest BCUT2D eigenvalue weighted by Crippen LogP contribution is -2.31. The molecule has 6 nitrogen and oxygen atoms in total. The zero-order valence-electron chi connectivity index (χ0n) is 12.5. The molecule has 3 aromatic rings. The number of hydrogen-bond donors (Lipinski definition) is 1. The van der Waals surface area contributed by atoms with Crippen LogP contribution in [0.25, 0.3) is 22.2 Å². The summed E-state index contributed by atoms with van der Waals surface area (Å²) < 4.78 is 1.53. The molecule has 2 aromatic heterocycles. The molecule has 0 saturated heterocycles. The van der Waals surface area contributed by atoms with E-state index in [4.69, 9.17) is 0 Å². The molecule has 0 spiro atoms. The number of fused-ring (bicyclic) bond motifs is 1. The van der Waals surface area contributed by atoms with E-state index in [-0.39, 0.29) is 6.03 Å². The van der Waals surface area contributed by atoms with Gasteiger partial charge in [0, 0.05) is 24.5 Å². The number of nitrogens with zero attached hydrogens (tertiary/aromatic N) is 4. The number of hydrogen-bond acceptors (Lipinski definition) is 4. The Kier molecular flexibility index (Phi) is 3.82. The Morgan fingerprint density at radius 3 is 2.73 bits per heavy atom. The molecule has 2 heterocycles. The molecule has 0 aliphatic heterocycles. The average molecular weight is 295 g/mol. The normalized spacial score (nSPS) is 11.0. The topological polar surface area (TPSA) is 72.7 Å². The van der Waals surface area contributed by atoms with Gasteiger partial charge in [0.05, 0.1) is 11.0 Å². The van der Waals surface area contributed by atoms with Crippen molar-refractivity contribution in [1.82, 2.24) is 24.8 Å². The fourth-order valence-corrected chi connectivity index (χ4v) is 2.17. The number of imidazole rings is 1. The van der Waals surface area contributed by atoms with E-state index in [2.05, 4.69) is 34.1 Å². The Hall–Kier alpha value is -2.76. The summed E-state index contributed by atoms with van der Waals surface area (Å²) in [5.41, 5.74) is 3.40. The summed E-state index contributed by atoms with van der Waals surface area (Å²) >= 11 is 0. The summed E-state index contributed by atoms with van der Waals surface area (Å²) in [7, 11) is 0. The van der Waals surface area contributed by atoms with Crippen LogP contribution in [0.3, 0.4) is 0 Å². The van der Waals surface area contributed by atoms with E-state index >= 15 is 0 Å². The Bertz CT molecular complexity index is 795. The second-order valence-electron chi connectivity index (χ2n) is 5.53. The largest absolute Gasteiger partial charge is 0.337 e. The standard InChI is InChI=1S/C16H17N5O/c1-11(2)6-19-16(22)21-10-20-14-4-3-12(5-15(14)21)13-7-17-9-18-8-13/h3-5,7-11H,6H2,1-2H3,(H,19,22). The van der Waals surface area contributed by atoms with E-state index in [1.807, 2.05) is 18.2 Å². The maximum absolute atomic E-state index is 12.3. The summed E-state index contributed by atoms with van der Waals surface area (Å²) in [5, 5.41) is 2.90. The molecular weight excluding hydrogens is 278 g/mol. The van der Waals surface area contributed by atoms with Gasteiger partial charge in [0.1, 0.15) is 12.7 Å². The minimum Gasteiger partial charge on any atom is -0.337 e. The summed E-state index contributed by atoms with van der Waals surface area (Å²) in [6.07, 6.45) is 6.53. The maximum atomic E-state index is 12.3. The van der Waals surface area contributed by atoms with E-state index in [9.17, 15) is 4.79 Å². The van der Waals surface area contributed by atoms with Crippen molar-refractivity contribution in [1.29, 1.82) is 0 Å². The van der Waals surface area contributed by atoms with Crippen molar-refractivity contribution in [2.75, 3.05) is 6.54 Å². The first kappa shape index (κ1) is 14.2. The molecule has 0 bridgehead atoms. The lowest BCUT2D eigenvalue weighted by atomic mass is 10.1. The van der Waals surface area contributed by atoms with E-state index < -0.39 is 0 Å². The summed E-state index contributed by atoms with van der Waals surface area (Å²) in [4.78, 5) is 24.6. The van der Waals surface area contributed by atoms with Crippen LogP contribution >= 0.6 is 0 Å². The maximum Gasteiger partial charge on any atom is 0.327 e. The molecule has 22 heavy (non-hydrogen) atoms. The van der Waals surface area contributed by atoms with Crippen LogP contribution in [0.5, 0.6) is 0 Å². The number of nitrogens with one attached hydrogen (secondary N) is 1. The number of rotatable bonds is 3. The number of aromatic nitrogens is 4. The highest BCUT2D eigenvalue weighted by molar-refractivity contribution is 5.91. The van der Waals surface area contributed by atoms with E-state index in [0.29, 0.717) is 12.5 Å². The van der Waals surface area contributed by atoms with Crippen molar-refractivity contribution in [2.24, 2.45) is 5.92 Å². The minimum absolute atomic E-state index is 0.169. The highest BCUT2D eigenvalue weighted by Gasteiger charge is 2.11. The van der Waals surface area contributed by atoms with Crippen molar-refractivity contribution in [3.63, 3.8) is 0 Å². The molecule has 0 fully saturated rings. The first-order chi connectivity index (χ1) is 10.6. The van der Waals surface area contributed by atoms with Gasteiger partial charge in [-0.3, -0.25) is 4.57 Å². The molecule has 1 aromatic carbocycles. The van der Waals surface area contributed by atoms with E-state index in [1.165, 1.54) is 10.9 Å². The monoisotopic (exact) mass is 295 g/mol. The second-order valence-corrected chi connectivity index (χ2v) is 5.53. The van der Waals surface area contributed by atoms with Crippen molar-refractivity contribution in [3.8, 4) is 11.1 Å². The smallest absolute Gasteiger partial charge is 0.327 e. The van der Waals surface area contributed by atoms with Crippen LogP contribution in [-0.4, -0.2) is 32.1 Å². The second kappa shape index (κ2) is 5.93. The predicted octanol–water partition coefficient (Wildman–Crippen LogP) is 2.71. The molecular formula is C16H17N5O. The number of benzene rings is 1. The molecule has 0 radical (unpaired) electrons. The van der Waals surface area contributed by atoms with Gasteiger partial charge in [-0.25, -0.2) is 19.7 Å². The zero-order chi connectivity index (χ0) is 15.5. The van der Waals surface area contributed by atoms with Gasteiger partial charge in [0.2, 0.25) is 0 Å². The fraction of sp³-hybridized carbons (Fsp3) is 0.250. The third-order valence-corrected chi connectivity index (χ3v) is 3.32. The third-order valence-electron chi connectivity index (χ3n) is 3.32. The van der Waals surface area contributed by atoms with Gasteiger partial charge >= 0.3 is 6.03 Å². The van der Waals surface area contributed by atoms with Crippen molar-refractivity contribution in [2.45, 2.75) is 13.8 Å². The van der Waals surface area contributed by atoms with Crippen LogP contribution in [0, 0.1) is 5.92 Å². The van der Waals surface area contributed by atoms with Crippen LogP contribution in [0.15, 0.2) is 43.2 Å². The first-order valence-electron chi connectivity index (χ1n) is 7.16. The molecule has 6 heteroatoms. The molecule has 0 unspecified atom stereocenters. The molecule has 112 valence electrons. The molecule has 0 atom stereocenters. The summed E-state index contributed by atoms with van der Waals surface area (Å²) in [5.74, 6) is 0.399. The van der Waals surface area contributed by atoms with E-state index in [0.717, 1.165) is 22.2 Å². The average Bonchev–Trinajstić information content (AvgIpc) is 2.96. The van der Waals surface area contributed by atoms with Gasteiger partial charge in [-0.2, -0.15) is 0 Å². The lowest BCUT2D eigenvalue weighted by Gasteiger charge is -2.09. The van der Waals surface area contributed by atoms with Crippen molar-refractivity contribution < 1.29 is 4.79 Å². The van der Waals surface area contributed by atoms with Gasteiger partial charge in [0.15, 0.2) is 0 Å². The predicted molar refractivity (Wildman–Crippen MR) is 84.4 cm³/mol. The minimum atomic E-state index is -0.169. The number of carbonyl (C=O) groups is 1. The first-order valence-corrected chi connectivity index (χ1v) is 7.16. The van der Waals surface area contributed by atoms with E-state index in [1.54, 1.807) is 18.7 Å². The van der Waals surface area contributed by atoms with Gasteiger partial charge in [-0.1, -0.05) is 19.9 Å². The van der Waals surface area contributed by atoms with Crippen LogP contribution in [0.2, 0.25) is 0 Å². The summed E-state index contributed by atoms with van der Waals surface area (Å²) in [6, 6.07) is 5.60.